The van der Waals surface area contributed by atoms with E-state index in [0.717, 1.165) is 31.0 Å². The third-order valence-electron chi connectivity index (χ3n) is 4.03. The average Bonchev–Trinajstić information content (AvgIpc) is 2.64. The molecule has 0 aliphatic rings. The number of pyridine rings is 1. The van der Waals surface area contributed by atoms with Crippen molar-refractivity contribution in [2.75, 3.05) is 13.6 Å². The van der Waals surface area contributed by atoms with Crippen molar-refractivity contribution in [2.45, 2.75) is 39.3 Å². The van der Waals surface area contributed by atoms with Crippen molar-refractivity contribution in [3.8, 4) is 0 Å². The Labute approximate surface area is 149 Å². The maximum Gasteiger partial charge on any atom is 0.250 e. The summed E-state index contributed by atoms with van der Waals surface area (Å²) in [6.07, 6.45) is 5.42. The number of rotatable bonds is 8. The lowest BCUT2D eigenvalue weighted by molar-refractivity contribution is 0.682. The van der Waals surface area contributed by atoms with Crippen LogP contribution in [0, 0.1) is 0 Å². The highest BCUT2D eigenvalue weighted by Gasteiger charge is 2.00. The highest BCUT2D eigenvalue weighted by Crippen LogP contribution is 2.05. The van der Waals surface area contributed by atoms with Gasteiger partial charge in [0.25, 0.3) is 5.56 Å². The van der Waals surface area contributed by atoms with Crippen LogP contribution in [0.4, 0.5) is 0 Å². The Morgan fingerprint density at radius 2 is 1.80 bits per heavy atom. The highest BCUT2D eigenvalue weighted by atomic mass is 16.1. The van der Waals surface area contributed by atoms with Crippen molar-refractivity contribution >= 4 is 5.96 Å². The molecule has 25 heavy (non-hydrogen) atoms. The molecule has 0 unspecified atom stereocenters. The fourth-order valence-electron chi connectivity index (χ4n) is 2.54. The summed E-state index contributed by atoms with van der Waals surface area (Å²) in [5, 5.41) is 6.65. The molecule has 0 radical (unpaired) electrons. The molecule has 0 aliphatic carbocycles. The summed E-state index contributed by atoms with van der Waals surface area (Å²) in [6.45, 7) is 4.45. The molecular weight excluding hydrogens is 312 g/mol. The van der Waals surface area contributed by atoms with Crippen LogP contribution in [-0.2, 0) is 13.1 Å². The number of hydrogen-bond donors (Lipinski definition) is 2. The van der Waals surface area contributed by atoms with E-state index in [1.807, 2.05) is 12.3 Å². The second kappa shape index (κ2) is 10.3. The van der Waals surface area contributed by atoms with Gasteiger partial charge in [-0.05, 0) is 23.6 Å². The van der Waals surface area contributed by atoms with E-state index >= 15 is 0 Å². The van der Waals surface area contributed by atoms with Crippen molar-refractivity contribution in [1.82, 2.24) is 15.2 Å². The van der Waals surface area contributed by atoms with Crippen LogP contribution >= 0.6 is 0 Å². The number of nitrogens with zero attached hydrogens (tertiary/aromatic N) is 2. The Balaban J connectivity index is 1.83. The molecule has 0 bridgehead atoms. The molecule has 0 aliphatic heterocycles. The molecule has 1 aromatic heterocycles. The third-order valence-corrected chi connectivity index (χ3v) is 4.03. The van der Waals surface area contributed by atoms with Crippen LogP contribution in [0.5, 0.6) is 0 Å². The largest absolute Gasteiger partial charge is 0.356 e. The Morgan fingerprint density at radius 3 is 2.48 bits per heavy atom. The standard InChI is InChI=1S/C20H28N4O/c1-3-4-6-13-22-20(21-2)23-15-17-9-11-18(12-10-17)16-24-14-7-5-8-19(24)25/h5,7-12,14H,3-4,6,13,15-16H2,1-2H3,(H2,21,22,23). The minimum Gasteiger partial charge on any atom is -0.356 e. The van der Waals surface area contributed by atoms with Gasteiger partial charge >= 0.3 is 0 Å². The van der Waals surface area contributed by atoms with E-state index in [0.29, 0.717) is 6.54 Å². The Hall–Kier alpha value is -2.56. The smallest absolute Gasteiger partial charge is 0.250 e. The van der Waals surface area contributed by atoms with Gasteiger partial charge in [0.1, 0.15) is 0 Å². The van der Waals surface area contributed by atoms with Crippen LogP contribution in [0.2, 0.25) is 0 Å². The highest BCUT2D eigenvalue weighted by molar-refractivity contribution is 5.79. The Morgan fingerprint density at radius 1 is 1.04 bits per heavy atom. The number of aromatic nitrogens is 1. The van der Waals surface area contributed by atoms with Crippen LogP contribution in [0.15, 0.2) is 58.4 Å². The van der Waals surface area contributed by atoms with E-state index in [1.165, 1.54) is 18.4 Å². The molecule has 0 atom stereocenters. The maximum absolute atomic E-state index is 11.8. The van der Waals surface area contributed by atoms with Crippen molar-refractivity contribution < 1.29 is 0 Å². The number of aliphatic imine (C=N–C) groups is 1. The topological polar surface area (TPSA) is 58.4 Å². The van der Waals surface area contributed by atoms with Crippen LogP contribution in [0.3, 0.4) is 0 Å². The molecule has 0 spiro atoms. The molecule has 0 fully saturated rings. The number of unbranched alkanes of at least 4 members (excludes halogenated alkanes) is 2. The third kappa shape index (κ3) is 6.45. The van der Waals surface area contributed by atoms with Crippen LogP contribution in [-0.4, -0.2) is 24.1 Å². The van der Waals surface area contributed by atoms with Gasteiger partial charge in [0.05, 0.1) is 6.54 Å². The van der Waals surface area contributed by atoms with E-state index in [-0.39, 0.29) is 5.56 Å². The summed E-state index contributed by atoms with van der Waals surface area (Å²) < 4.78 is 1.70. The fourth-order valence-corrected chi connectivity index (χ4v) is 2.54. The lowest BCUT2D eigenvalue weighted by Crippen LogP contribution is -2.37. The second-order valence-corrected chi connectivity index (χ2v) is 6.04. The van der Waals surface area contributed by atoms with Crippen molar-refractivity contribution in [3.05, 3.63) is 70.1 Å². The molecule has 5 nitrogen and oxygen atoms in total. The number of hydrogen-bond acceptors (Lipinski definition) is 2. The lowest BCUT2D eigenvalue weighted by atomic mass is 10.1. The summed E-state index contributed by atoms with van der Waals surface area (Å²) in [5.41, 5.74) is 2.31. The minimum absolute atomic E-state index is 0.0196. The van der Waals surface area contributed by atoms with E-state index in [4.69, 9.17) is 0 Å². The SMILES string of the molecule is CCCCCNC(=NC)NCc1ccc(Cn2ccccc2=O)cc1. The molecule has 1 aromatic carbocycles. The van der Waals surface area contributed by atoms with Gasteiger partial charge in [0.2, 0.25) is 0 Å². The Kier molecular flexibility index (Phi) is 7.76. The van der Waals surface area contributed by atoms with E-state index < -0.39 is 0 Å². The predicted octanol–water partition coefficient (Wildman–Crippen LogP) is 2.75. The first-order chi connectivity index (χ1) is 12.2. The van der Waals surface area contributed by atoms with Crippen molar-refractivity contribution in [2.24, 2.45) is 4.99 Å². The summed E-state index contributed by atoms with van der Waals surface area (Å²) in [7, 11) is 1.79. The Bertz CT molecular complexity index is 719. The van der Waals surface area contributed by atoms with Crippen LogP contribution < -0.4 is 16.2 Å². The zero-order chi connectivity index (χ0) is 17.9. The molecule has 2 rings (SSSR count). The fraction of sp³-hybridized carbons (Fsp3) is 0.400. The molecule has 0 saturated heterocycles. The summed E-state index contributed by atoms with van der Waals surface area (Å²) in [5.74, 6) is 0.830. The summed E-state index contributed by atoms with van der Waals surface area (Å²) >= 11 is 0. The van der Waals surface area contributed by atoms with Gasteiger partial charge < -0.3 is 15.2 Å². The first-order valence-corrected chi connectivity index (χ1v) is 8.90. The van der Waals surface area contributed by atoms with Gasteiger partial charge in [-0.25, -0.2) is 0 Å². The second-order valence-electron chi connectivity index (χ2n) is 6.04. The van der Waals surface area contributed by atoms with Crippen LogP contribution in [0.1, 0.15) is 37.3 Å². The maximum atomic E-state index is 11.8. The van der Waals surface area contributed by atoms with Crippen LogP contribution in [0.25, 0.3) is 0 Å². The molecule has 1 heterocycles. The van der Waals surface area contributed by atoms with Crippen molar-refractivity contribution in [3.63, 3.8) is 0 Å². The molecule has 2 N–H and O–H groups in total. The molecule has 134 valence electrons. The number of guanidine groups is 1. The van der Waals surface area contributed by atoms with Gasteiger partial charge in [-0.3, -0.25) is 9.79 Å². The van der Waals surface area contributed by atoms with E-state index in [2.05, 4.69) is 46.8 Å². The molecule has 0 saturated carbocycles. The van der Waals surface area contributed by atoms with Gasteiger partial charge in [-0.2, -0.15) is 0 Å². The van der Waals surface area contributed by atoms with Crippen molar-refractivity contribution in [1.29, 1.82) is 0 Å². The first kappa shape index (κ1) is 18.8. The molecule has 2 aromatic rings. The normalized spacial score (nSPS) is 11.4. The lowest BCUT2D eigenvalue weighted by Gasteiger charge is -2.12. The molecule has 5 heteroatoms. The van der Waals surface area contributed by atoms with Gasteiger partial charge in [0, 0.05) is 32.4 Å². The zero-order valence-corrected chi connectivity index (χ0v) is 15.2. The zero-order valence-electron chi connectivity index (χ0n) is 15.2. The first-order valence-electron chi connectivity index (χ1n) is 8.90. The van der Waals surface area contributed by atoms with E-state index in [1.54, 1.807) is 23.7 Å². The van der Waals surface area contributed by atoms with E-state index in [9.17, 15) is 4.79 Å². The minimum atomic E-state index is 0.0196. The number of nitrogens with one attached hydrogen (secondary N) is 2. The molecular formula is C20H28N4O. The number of benzene rings is 1. The average molecular weight is 340 g/mol. The van der Waals surface area contributed by atoms with Gasteiger partial charge in [0.15, 0.2) is 5.96 Å². The quantitative estimate of drug-likeness (QED) is 0.441. The monoisotopic (exact) mass is 340 g/mol. The molecule has 0 amide bonds. The summed E-state index contributed by atoms with van der Waals surface area (Å²) in [6, 6.07) is 13.5. The van der Waals surface area contributed by atoms with Gasteiger partial charge in [-0.15, -0.1) is 0 Å². The predicted molar refractivity (Wildman–Crippen MR) is 104 cm³/mol. The summed E-state index contributed by atoms with van der Waals surface area (Å²) in [4.78, 5) is 16.0. The van der Waals surface area contributed by atoms with Gasteiger partial charge in [-0.1, -0.05) is 50.1 Å².